The van der Waals surface area contributed by atoms with Crippen molar-refractivity contribution in [1.29, 1.82) is 0 Å². The Hall–Kier alpha value is -1.23. The third kappa shape index (κ3) is 3.62. The van der Waals surface area contributed by atoms with Crippen LogP contribution in [0, 0.1) is 5.92 Å². The monoisotopic (exact) mass is 278 g/mol. The second-order valence-electron chi connectivity index (χ2n) is 5.21. The molecule has 0 radical (unpaired) electrons. The molecule has 2 N–H and O–H groups in total. The van der Waals surface area contributed by atoms with Gasteiger partial charge in [0.25, 0.3) is 0 Å². The molecule has 1 aliphatic rings. The first kappa shape index (κ1) is 14.2. The molecule has 2 heterocycles. The number of anilines is 1. The molecule has 1 saturated heterocycles. The highest BCUT2D eigenvalue weighted by Gasteiger charge is 2.20. The highest BCUT2D eigenvalue weighted by molar-refractivity contribution is 7.80. The number of hydrogen-bond acceptors (Lipinski definition) is 4. The zero-order chi connectivity index (χ0) is 13.7. The van der Waals surface area contributed by atoms with Crippen molar-refractivity contribution >= 4 is 23.0 Å². The van der Waals surface area contributed by atoms with Crippen LogP contribution in [0.25, 0.3) is 0 Å². The quantitative estimate of drug-likeness (QED) is 0.858. The van der Waals surface area contributed by atoms with Crippen molar-refractivity contribution < 1.29 is 0 Å². The summed E-state index contributed by atoms with van der Waals surface area (Å²) in [4.78, 5) is 2.69. The molecular formula is C14H22N4S. The normalized spacial score (nSPS) is 20.1. The lowest BCUT2D eigenvalue weighted by Gasteiger charge is -2.23. The zero-order valence-electron chi connectivity index (χ0n) is 11.5. The summed E-state index contributed by atoms with van der Waals surface area (Å²) in [7, 11) is 0. The SMILES string of the molecule is CCCC1CCCN(c2nnccc2C(N)=S)CC1. The minimum atomic E-state index is 0.402. The van der Waals surface area contributed by atoms with Gasteiger partial charge in [0, 0.05) is 13.1 Å². The van der Waals surface area contributed by atoms with Crippen molar-refractivity contribution in [2.75, 3.05) is 18.0 Å². The Bertz CT molecular complexity index is 435. The summed E-state index contributed by atoms with van der Waals surface area (Å²) >= 11 is 5.10. The maximum absolute atomic E-state index is 5.77. The van der Waals surface area contributed by atoms with E-state index in [1.54, 1.807) is 6.20 Å². The fourth-order valence-corrected chi connectivity index (χ4v) is 2.98. The molecule has 4 nitrogen and oxygen atoms in total. The number of nitrogens with zero attached hydrogens (tertiary/aromatic N) is 3. The topological polar surface area (TPSA) is 55.0 Å². The van der Waals surface area contributed by atoms with E-state index in [0.29, 0.717) is 4.99 Å². The van der Waals surface area contributed by atoms with Crippen molar-refractivity contribution in [2.45, 2.75) is 39.0 Å². The van der Waals surface area contributed by atoms with Gasteiger partial charge < -0.3 is 10.6 Å². The lowest BCUT2D eigenvalue weighted by Crippen LogP contribution is -2.28. The molecule has 0 spiro atoms. The van der Waals surface area contributed by atoms with Gasteiger partial charge in [0.2, 0.25) is 0 Å². The third-order valence-corrected chi connectivity index (χ3v) is 4.03. The fraction of sp³-hybridized carbons (Fsp3) is 0.643. The molecule has 5 heteroatoms. The predicted molar refractivity (Wildman–Crippen MR) is 82.4 cm³/mol. The van der Waals surface area contributed by atoms with Gasteiger partial charge in [0.15, 0.2) is 5.82 Å². The molecular weight excluding hydrogens is 256 g/mol. The minimum absolute atomic E-state index is 0.402. The molecule has 0 amide bonds. The van der Waals surface area contributed by atoms with E-state index in [1.807, 2.05) is 6.07 Å². The molecule has 1 aromatic heterocycles. The van der Waals surface area contributed by atoms with E-state index >= 15 is 0 Å². The van der Waals surface area contributed by atoms with Crippen molar-refractivity contribution in [3.63, 3.8) is 0 Å². The molecule has 1 fully saturated rings. The summed E-state index contributed by atoms with van der Waals surface area (Å²) in [5.41, 5.74) is 6.62. The predicted octanol–water partition coefficient (Wildman–Crippen LogP) is 2.52. The van der Waals surface area contributed by atoms with E-state index in [1.165, 1.54) is 32.1 Å². The number of nitrogens with two attached hydrogens (primary N) is 1. The maximum atomic E-state index is 5.77. The maximum Gasteiger partial charge on any atom is 0.161 e. The van der Waals surface area contributed by atoms with Crippen LogP contribution in [0.15, 0.2) is 12.3 Å². The average molecular weight is 278 g/mol. The van der Waals surface area contributed by atoms with Gasteiger partial charge in [-0.3, -0.25) is 0 Å². The molecule has 1 unspecified atom stereocenters. The minimum Gasteiger partial charge on any atom is -0.389 e. The van der Waals surface area contributed by atoms with Gasteiger partial charge in [-0.2, -0.15) is 5.10 Å². The second kappa shape index (κ2) is 6.80. The lowest BCUT2D eigenvalue weighted by molar-refractivity contribution is 0.435. The average Bonchev–Trinajstić information content (AvgIpc) is 2.65. The Balaban J connectivity index is 2.12. The largest absolute Gasteiger partial charge is 0.389 e. The summed E-state index contributed by atoms with van der Waals surface area (Å²) in [6.07, 6.45) is 7.99. The van der Waals surface area contributed by atoms with E-state index in [0.717, 1.165) is 30.4 Å². The molecule has 1 aliphatic heterocycles. The Morgan fingerprint density at radius 2 is 2.32 bits per heavy atom. The molecule has 0 bridgehead atoms. The smallest absolute Gasteiger partial charge is 0.161 e. The van der Waals surface area contributed by atoms with Crippen LogP contribution < -0.4 is 10.6 Å². The first-order valence-electron chi connectivity index (χ1n) is 7.08. The molecule has 104 valence electrons. The Kier molecular flexibility index (Phi) is 5.07. The zero-order valence-corrected chi connectivity index (χ0v) is 12.3. The van der Waals surface area contributed by atoms with Crippen LogP contribution in [-0.4, -0.2) is 28.3 Å². The van der Waals surface area contributed by atoms with Gasteiger partial charge >= 0.3 is 0 Å². The van der Waals surface area contributed by atoms with Crippen molar-refractivity contribution in [3.8, 4) is 0 Å². The Morgan fingerprint density at radius 3 is 3.05 bits per heavy atom. The highest BCUT2D eigenvalue weighted by atomic mass is 32.1. The third-order valence-electron chi connectivity index (χ3n) is 3.81. The molecule has 1 aromatic rings. The second-order valence-corrected chi connectivity index (χ2v) is 5.65. The van der Waals surface area contributed by atoms with Gasteiger partial charge in [-0.05, 0) is 31.2 Å². The van der Waals surface area contributed by atoms with E-state index < -0.39 is 0 Å². The van der Waals surface area contributed by atoms with E-state index in [9.17, 15) is 0 Å². The Morgan fingerprint density at radius 1 is 1.47 bits per heavy atom. The standard InChI is InChI=1S/C14H22N4S/c1-2-4-11-5-3-9-18(10-7-11)14-12(13(15)19)6-8-16-17-14/h6,8,11H,2-5,7,9-10H2,1H3,(H2,15,19). The van der Waals surface area contributed by atoms with Crippen molar-refractivity contribution in [1.82, 2.24) is 10.2 Å². The van der Waals surface area contributed by atoms with Crippen LogP contribution >= 0.6 is 12.2 Å². The molecule has 0 aromatic carbocycles. The number of thiocarbonyl (C=S) groups is 1. The number of rotatable bonds is 4. The Labute approximate surface area is 120 Å². The van der Waals surface area contributed by atoms with Gasteiger partial charge in [-0.1, -0.05) is 32.0 Å². The van der Waals surface area contributed by atoms with Crippen LogP contribution in [0.4, 0.5) is 5.82 Å². The van der Waals surface area contributed by atoms with Crippen LogP contribution in [0.5, 0.6) is 0 Å². The van der Waals surface area contributed by atoms with Crippen molar-refractivity contribution in [2.24, 2.45) is 11.7 Å². The molecule has 0 aliphatic carbocycles. The molecule has 0 saturated carbocycles. The van der Waals surface area contributed by atoms with Gasteiger partial charge in [-0.15, -0.1) is 5.10 Å². The van der Waals surface area contributed by atoms with Crippen molar-refractivity contribution in [3.05, 3.63) is 17.8 Å². The van der Waals surface area contributed by atoms with E-state index in [-0.39, 0.29) is 0 Å². The van der Waals surface area contributed by atoms with Crippen LogP contribution in [0.3, 0.4) is 0 Å². The molecule has 2 rings (SSSR count). The first-order valence-corrected chi connectivity index (χ1v) is 7.49. The van der Waals surface area contributed by atoms with Crippen LogP contribution in [0.1, 0.15) is 44.6 Å². The van der Waals surface area contributed by atoms with E-state index in [4.69, 9.17) is 18.0 Å². The summed E-state index contributed by atoms with van der Waals surface area (Å²) < 4.78 is 0. The summed E-state index contributed by atoms with van der Waals surface area (Å²) in [5.74, 6) is 1.70. The first-order chi connectivity index (χ1) is 9.22. The van der Waals surface area contributed by atoms with Gasteiger partial charge in [0.1, 0.15) is 4.99 Å². The fourth-order valence-electron chi connectivity index (χ4n) is 2.82. The lowest BCUT2D eigenvalue weighted by atomic mass is 9.96. The number of hydrogen-bond donors (Lipinski definition) is 1. The summed E-state index contributed by atoms with van der Waals surface area (Å²) in [6, 6.07) is 1.86. The van der Waals surface area contributed by atoms with Gasteiger partial charge in [0.05, 0.1) is 11.8 Å². The molecule has 1 atom stereocenters. The number of aromatic nitrogens is 2. The molecule has 19 heavy (non-hydrogen) atoms. The summed E-state index contributed by atoms with van der Waals surface area (Å²) in [6.45, 7) is 4.31. The van der Waals surface area contributed by atoms with Gasteiger partial charge in [-0.25, -0.2) is 0 Å². The van der Waals surface area contributed by atoms with Crippen LogP contribution in [0.2, 0.25) is 0 Å². The van der Waals surface area contributed by atoms with Crippen LogP contribution in [-0.2, 0) is 0 Å². The highest BCUT2D eigenvalue weighted by Crippen LogP contribution is 2.25. The summed E-state index contributed by atoms with van der Waals surface area (Å²) in [5, 5.41) is 8.23. The van der Waals surface area contributed by atoms with E-state index in [2.05, 4.69) is 22.0 Å².